The molecular weight excluding hydrogens is 260 g/mol. The van der Waals surface area contributed by atoms with Gasteiger partial charge in [0.15, 0.2) is 0 Å². The second-order valence-electron chi connectivity index (χ2n) is 4.92. The molecule has 6 heteroatoms. The number of rotatable bonds is 8. The van der Waals surface area contributed by atoms with Crippen molar-refractivity contribution >= 4 is 5.97 Å². The van der Waals surface area contributed by atoms with Gasteiger partial charge >= 0.3 is 5.97 Å². The lowest BCUT2D eigenvalue weighted by Gasteiger charge is -2.11. The molecule has 2 atom stereocenters. The zero-order chi connectivity index (χ0) is 14.5. The minimum atomic E-state index is -0.488. The van der Waals surface area contributed by atoms with Gasteiger partial charge in [-0.05, 0) is 39.0 Å². The number of aromatic nitrogens is 2. The highest BCUT2D eigenvalue weighted by Crippen LogP contribution is 2.42. The summed E-state index contributed by atoms with van der Waals surface area (Å²) in [6.45, 7) is 6.58. The predicted octanol–water partition coefficient (Wildman–Crippen LogP) is 2.61. The number of hydrogen-bond donors (Lipinski definition) is 0. The molecule has 1 aromatic rings. The molecule has 1 saturated carbocycles. The highest BCUT2D eigenvalue weighted by molar-refractivity contribution is 5.76. The topological polar surface area (TPSA) is 74.5 Å². The van der Waals surface area contributed by atoms with Crippen LogP contribution in [0.2, 0.25) is 0 Å². The average Bonchev–Trinajstić information content (AvgIpc) is 3.16. The number of carbonyl (C=O) groups is 1. The summed E-state index contributed by atoms with van der Waals surface area (Å²) in [5.41, 5.74) is 0. The summed E-state index contributed by atoms with van der Waals surface area (Å²) in [7, 11) is 0. The van der Waals surface area contributed by atoms with Gasteiger partial charge in [0.05, 0.1) is 6.61 Å². The van der Waals surface area contributed by atoms with Crippen LogP contribution in [0.25, 0.3) is 0 Å². The maximum atomic E-state index is 11.8. The SMILES string of the molecule is CCOC(=O)C(CC)c1nc(C(OCC)C2CC2)no1. The Balaban J connectivity index is 2.11. The second kappa shape index (κ2) is 6.83. The molecule has 0 saturated heterocycles. The van der Waals surface area contributed by atoms with Crippen LogP contribution in [0.15, 0.2) is 4.52 Å². The van der Waals surface area contributed by atoms with Gasteiger partial charge in [-0.15, -0.1) is 0 Å². The lowest BCUT2D eigenvalue weighted by molar-refractivity contribution is -0.145. The van der Waals surface area contributed by atoms with Crippen molar-refractivity contribution < 1.29 is 18.8 Å². The molecule has 0 spiro atoms. The van der Waals surface area contributed by atoms with Crippen LogP contribution in [0.4, 0.5) is 0 Å². The fourth-order valence-electron chi connectivity index (χ4n) is 2.19. The molecular formula is C14H22N2O4. The third kappa shape index (κ3) is 3.36. The molecule has 20 heavy (non-hydrogen) atoms. The van der Waals surface area contributed by atoms with Crippen LogP contribution in [0.3, 0.4) is 0 Å². The van der Waals surface area contributed by atoms with Crippen molar-refractivity contribution in [1.82, 2.24) is 10.1 Å². The van der Waals surface area contributed by atoms with Crippen LogP contribution in [-0.2, 0) is 14.3 Å². The van der Waals surface area contributed by atoms with Gasteiger partial charge in [-0.1, -0.05) is 12.1 Å². The van der Waals surface area contributed by atoms with E-state index in [1.807, 2.05) is 13.8 Å². The standard InChI is InChI=1S/C14H22N2O4/c1-4-10(14(17)19-6-3)13-15-12(16-20-13)11(18-5-2)9-7-8-9/h9-11H,4-8H2,1-3H3. The molecule has 1 aliphatic carbocycles. The summed E-state index contributed by atoms with van der Waals surface area (Å²) in [5, 5.41) is 3.99. The van der Waals surface area contributed by atoms with E-state index in [0.717, 1.165) is 12.8 Å². The molecule has 2 rings (SSSR count). The van der Waals surface area contributed by atoms with Gasteiger partial charge in [-0.2, -0.15) is 4.98 Å². The first-order valence-electron chi connectivity index (χ1n) is 7.32. The van der Waals surface area contributed by atoms with E-state index < -0.39 is 5.92 Å². The third-order valence-electron chi connectivity index (χ3n) is 3.39. The zero-order valence-corrected chi connectivity index (χ0v) is 12.3. The van der Waals surface area contributed by atoms with Gasteiger partial charge in [-0.25, -0.2) is 0 Å². The van der Waals surface area contributed by atoms with Crippen LogP contribution in [0, 0.1) is 5.92 Å². The molecule has 1 aliphatic rings. The van der Waals surface area contributed by atoms with Crippen molar-refractivity contribution in [3.8, 4) is 0 Å². The van der Waals surface area contributed by atoms with Crippen molar-refractivity contribution in [1.29, 1.82) is 0 Å². The molecule has 0 aromatic carbocycles. The summed E-state index contributed by atoms with van der Waals surface area (Å²) in [4.78, 5) is 16.2. The second-order valence-corrected chi connectivity index (χ2v) is 4.92. The molecule has 0 amide bonds. The fraction of sp³-hybridized carbons (Fsp3) is 0.786. The third-order valence-corrected chi connectivity index (χ3v) is 3.39. The number of esters is 1. The molecule has 2 unspecified atom stereocenters. The Kier molecular flexibility index (Phi) is 5.11. The molecule has 112 valence electrons. The Morgan fingerprint density at radius 3 is 2.65 bits per heavy atom. The Hall–Kier alpha value is -1.43. The molecule has 1 aromatic heterocycles. The van der Waals surface area contributed by atoms with E-state index in [9.17, 15) is 4.79 Å². The molecule has 0 N–H and O–H groups in total. The van der Waals surface area contributed by atoms with E-state index in [-0.39, 0.29) is 12.1 Å². The van der Waals surface area contributed by atoms with Crippen LogP contribution in [0.1, 0.15) is 63.8 Å². The smallest absolute Gasteiger partial charge is 0.318 e. The van der Waals surface area contributed by atoms with E-state index in [2.05, 4.69) is 10.1 Å². The summed E-state index contributed by atoms with van der Waals surface area (Å²) in [6.07, 6.45) is 2.72. The Bertz CT molecular complexity index is 442. The van der Waals surface area contributed by atoms with Gasteiger partial charge in [0, 0.05) is 6.61 Å². The lowest BCUT2D eigenvalue weighted by atomic mass is 10.1. The maximum absolute atomic E-state index is 11.8. The van der Waals surface area contributed by atoms with E-state index in [0.29, 0.717) is 37.3 Å². The Labute approximate surface area is 118 Å². The quantitative estimate of drug-likeness (QED) is 0.682. The van der Waals surface area contributed by atoms with Gasteiger partial charge < -0.3 is 14.0 Å². The first kappa shape index (κ1) is 15.0. The number of hydrogen-bond acceptors (Lipinski definition) is 6. The van der Waals surface area contributed by atoms with Crippen LogP contribution >= 0.6 is 0 Å². The fourth-order valence-corrected chi connectivity index (χ4v) is 2.19. The summed E-state index contributed by atoms with van der Waals surface area (Å²) in [5.74, 6) is 0.545. The molecule has 0 radical (unpaired) electrons. The molecule has 0 aliphatic heterocycles. The molecule has 0 bridgehead atoms. The van der Waals surface area contributed by atoms with Crippen LogP contribution < -0.4 is 0 Å². The van der Waals surface area contributed by atoms with Crippen molar-refractivity contribution in [2.45, 2.75) is 52.1 Å². The molecule has 1 heterocycles. The van der Waals surface area contributed by atoms with Gasteiger partial charge in [-0.3, -0.25) is 4.79 Å². The summed E-state index contributed by atoms with van der Waals surface area (Å²) < 4.78 is 16.0. The summed E-state index contributed by atoms with van der Waals surface area (Å²) in [6, 6.07) is 0. The van der Waals surface area contributed by atoms with E-state index >= 15 is 0 Å². The van der Waals surface area contributed by atoms with Crippen LogP contribution in [-0.4, -0.2) is 29.3 Å². The normalized spacial score (nSPS) is 17.8. The minimum Gasteiger partial charge on any atom is -0.465 e. The first-order valence-corrected chi connectivity index (χ1v) is 7.32. The maximum Gasteiger partial charge on any atom is 0.318 e. The van der Waals surface area contributed by atoms with E-state index in [4.69, 9.17) is 14.0 Å². The van der Waals surface area contributed by atoms with E-state index in [1.54, 1.807) is 6.92 Å². The van der Waals surface area contributed by atoms with Crippen molar-refractivity contribution in [3.05, 3.63) is 11.7 Å². The van der Waals surface area contributed by atoms with Gasteiger partial charge in [0.1, 0.15) is 12.0 Å². The largest absolute Gasteiger partial charge is 0.465 e. The van der Waals surface area contributed by atoms with Crippen molar-refractivity contribution in [3.63, 3.8) is 0 Å². The average molecular weight is 282 g/mol. The lowest BCUT2D eigenvalue weighted by Crippen LogP contribution is -2.16. The Morgan fingerprint density at radius 2 is 2.10 bits per heavy atom. The minimum absolute atomic E-state index is 0.114. The monoisotopic (exact) mass is 282 g/mol. The highest BCUT2D eigenvalue weighted by Gasteiger charge is 2.37. The van der Waals surface area contributed by atoms with E-state index in [1.165, 1.54) is 0 Å². The Morgan fingerprint density at radius 1 is 1.35 bits per heavy atom. The van der Waals surface area contributed by atoms with Crippen molar-refractivity contribution in [2.24, 2.45) is 5.92 Å². The van der Waals surface area contributed by atoms with Crippen LogP contribution in [0.5, 0.6) is 0 Å². The number of ether oxygens (including phenoxy) is 2. The van der Waals surface area contributed by atoms with Gasteiger partial charge in [0.25, 0.3) is 0 Å². The number of nitrogens with zero attached hydrogens (tertiary/aromatic N) is 2. The number of carbonyl (C=O) groups excluding carboxylic acids is 1. The zero-order valence-electron chi connectivity index (χ0n) is 12.3. The first-order chi connectivity index (χ1) is 9.71. The highest BCUT2D eigenvalue weighted by atomic mass is 16.5. The molecule has 1 fully saturated rings. The molecule has 6 nitrogen and oxygen atoms in total. The van der Waals surface area contributed by atoms with Crippen molar-refractivity contribution in [2.75, 3.05) is 13.2 Å². The van der Waals surface area contributed by atoms with Gasteiger partial charge in [0.2, 0.25) is 11.7 Å². The predicted molar refractivity (Wildman–Crippen MR) is 71.1 cm³/mol. The summed E-state index contributed by atoms with van der Waals surface area (Å²) >= 11 is 0.